The van der Waals surface area contributed by atoms with Crippen LogP contribution in [-0.4, -0.2) is 11.2 Å². The summed E-state index contributed by atoms with van der Waals surface area (Å²) in [6.07, 6.45) is 1.72. The summed E-state index contributed by atoms with van der Waals surface area (Å²) in [6.45, 7) is 0. The topological polar surface area (TPSA) is 37.3 Å². The molecular formula is C4H3N3S2. The van der Waals surface area contributed by atoms with E-state index < -0.39 is 0 Å². The standard InChI is InChI=1S/C4H3N3S2/c1-3-4(8-2-5-3)9-7-6-1/h1-2,7H. The number of aromatic nitrogens is 1. The number of rotatable bonds is 0. The van der Waals surface area contributed by atoms with Gasteiger partial charge in [0.05, 0.1) is 11.7 Å². The Morgan fingerprint density at radius 2 is 2.56 bits per heavy atom. The van der Waals surface area contributed by atoms with E-state index in [2.05, 4.69) is 14.9 Å². The van der Waals surface area contributed by atoms with Crippen LogP contribution in [0.15, 0.2) is 14.8 Å². The second kappa shape index (κ2) is 2.00. The van der Waals surface area contributed by atoms with Crippen LogP contribution in [-0.2, 0) is 0 Å². The fourth-order valence-corrected chi connectivity index (χ4v) is 1.88. The predicted octanol–water partition coefficient (Wildman–Crippen LogP) is 1.09. The summed E-state index contributed by atoms with van der Waals surface area (Å²) in [5.41, 5.74) is 2.79. The number of hydrogen-bond acceptors (Lipinski definition) is 5. The Labute approximate surface area is 60.3 Å². The average molecular weight is 157 g/mol. The molecule has 0 spiro atoms. The molecule has 0 bridgehead atoms. The Morgan fingerprint density at radius 1 is 1.56 bits per heavy atom. The first-order chi connectivity index (χ1) is 4.47. The van der Waals surface area contributed by atoms with Crippen molar-refractivity contribution in [1.29, 1.82) is 0 Å². The molecule has 1 aromatic heterocycles. The highest BCUT2D eigenvalue weighted by Crippen LogP contribution is 2.24. The third kappa shape index (κ3) is 0.818. The molecule has 2 rings (SSSR count). The number of hydrazone groups is 1. The summed E-state index contributed by atoms with van der Waals surface area (Å²) in [5.74, 6) is 0. The smallest absolute Gasteiger partial charge is 0.111 e. The van der Waals surface area contributed by atoms with E-state index in [9.17, 15) is 0 Å². The van der Waals surface area contributed by atoms with Gasteiger partial charge in [-0.2, -0.15) is 5.10 Å². The molecule has 0 fully saturated rings. The minimum absolute atomic E-state index is 0.976. The van der Waals surface area contributed by atoms with E-state index in [1.807, 2.05) is 5.51 Å². The Bertz CT molecular complexity index is 242. The highest BCUT2D eigenvalue weighted by atomic mass is 32.2. The third-order valence-corrected chi connectivity index (χ3v) is 2.70. The molecule has 0 amide bonds. The van der Waals surface area contributed by atoms with Crippen LogP contribution in [0.2, 0.25) is 0 Å². The van der Waals surface area contributed by atoms with Crippen molar-refractivity contribution in [3.8, 4) is 0 Å². The maximum absolute atomic E-state index is 4.07. The van der Waals surface area contributed by atoms with Crippen molar-refractivity contribution in [2.75, 3.05) is 0 Å². The van der Waals surface area contributed by atoms with E-state index in [-0.39, 0.29) is 0 Å². The van der Waals surface area contributed by atoms with Crippen LogP contribution >= 0.6 is 23.3 Å². The number of thiazole rings is 1. The first-order valence-corrected chi connectivity index (χ1v) is 4.05. The van der Waals surface area contributed by atoms with Gasteiger partial charge < -0.3 is 0 Å². The van der Waals surface area contributed by atoms with E-state index in [0.29, 0.717) is 0 Å². The molecule has 1 aromatic rings. The van der Waals surface area contributed by atoms with Crippen LogP contribution in [0.4, 0.5) is 0 Å². The fourth-order valence-electron chi connectivity index (χ4n) is 0.562. The first-order valence-electron chi connectivity index (χ1n) is 2.35. The Morgan fingerprint density at radius 3 is 3.44 bits per heavy atom. The van der Waals surface area contributed by atoms with Crippen LogP contribution < -0.4 is 4.83 Å². The number of hydrogen-bond donors (Lipinski definition) is 1. The highest BCUT2D eigenvalue weighted by molar-refractivity contribution is 7.99. The van der Waals surface area contributed by atoms with Gasteiger partial charge in [0, 0.05) is 11.9 Å². The van der Waals surface area contributed by atoms with E-state index >= 15 is 0 Å². The minimum atomic E-state index is 0.976. The quantitative estimate of drug-likeness (QED) is 0.573. The second-order valence-electron chi connectivity index (χ2n) is 1.48. The lowest BCUT2D eigenvalue weighted by molar-refractivity contribution is 1.10. The van der Waals surface area contributed by atoms with Crippen LogP contribution in [0.1, 0.15) is 5.69 Å². The van der Waals surface area contributed by atoms with Crippen molar-refractivity contribution in [2.24, 2.45) is 5.10 Å². The maximum Gasteiger partial charge on any atom is 0.111 e. The van der Waals surface area contributed by atoms with Gasteiger partial charge in [-0.25, -0.2) is 9.82 Å². The highest BCUT2D eigenvalue weighted by Gasteiger charge is 2.06. The van der Waals surface area contributed by atoms with Crippen LogP contribution in [0.25, 0.3) is 0 Å². The van der Waals surface area contributed by atoms with Crippen LogP contribution in [0.5, 0.6) is 0 Å². The van der Waals surface area contributed by atoms with Gasteiger partial charge in [0.25, 0.3) is 0 Å². The molecule has 2 heterocycles. The minimum Gasteiger partial charge on any atom is -0.246 e. The SMILES string of the molecule is C1=NNSc2scnc21. The zero-order valence-electron chi connectivity index (χ0n) is 4.37. The van der Waals surface area contributed by atoms with Crippen LogP contribution in [0, 0.1) is 0 Å². The molecule has 0 saturated heterocycles. The van der Waals surface area contributed by atoms with E-state index in [1.165, 1.54) is 16.2 Å². The Balaban J connectivity index is 2.53. The molecule has 5 heteroatoms. The molecule has 3 nitrogen and oxygen atoms in total. The molecule has 9 heavy (non-hydrogen) atoms. The summed E-state index contributed by atoms with van der Waals surface area (Å²) >= 11 is 3.13. The zero-order valence-corrected chi connectivity index (χ0v) is 6.00. The summed E-state index contributed by atoms with van der Waals surface area (Å²) in [7, 11) is 0. The molecule has 0 aliphatic carbocycles. The van der Waals surface area contributed by atoms with Gasteiger partial charge in [0.15, 0.2) is 0 Å². The van der Waals surface area contributed by atoms with Crippen molar-refractivity contribution >= 4 is 29.5 Å². The van der Waals surface area contributed by atoms with Crippen LogP contribution in [0.3, 0.4) is 0 Å². The lowest BCUT2D eigenvalue weighted by Crippen LogP contribution is -1.99. The molecule has 0 unspecified atom stereocenters. The van der Waals surface area contributed by atoms with Gasteiger partial charge in [-0.15, -0.1) is 11.3 Å². The molecule has 0 aromatic carbocycles. The van der Waals surface area contributed by atoms with Crippen molar-refractivity contribution < 1.29 is 0 Å². The second-order valence-corrected chi connectivity index (χ2v) is 3.38. The molecule has 0 radical (unpaired) electrons. The van der Waals surface area contributed by atoms with Gasteiger partial charge in [-0.1, -0.05) is 0 Å². The van der Waals surface area contributed by atoms with E-state index in [1.54, 1.807) is 17.6 Å². The van der Waals surface area contributed by atoms with Crippen molar-refractivity contribution in [1.82, 2.24) is 9.82 Å². The number of nitrogens with zero attached hydrogens (tertiary/aromatic N) is 2. The van der Waals surface area contributed by atoms with Crippen molar-refractivity contribution in [3.05, 3.63) is 11.2 Å². The molecule has 46 valence electrons. The lowest BCUT2D eigenvalue weighted by atomic mass is 10.5. The number of fused-ring (bicyclic) bond motifs is 1. The molecule has 1 N–H and O–H groups in total. The van der Waals surface area contributed by atoms with Crippen molar-refractivity contribution in [2.45, 2.75) is 4.21 Å². The zero-order chi connectivity index (χ0) is 6.10. The lowest BCUT2D eigenvalue weighted by Gasteiger charge is -2.00. The molecule has 0 saturated carbocycles. The summed E-state index contributed by atoms with van der Waals surface area (Å²) in [4.78, 5) is 6.85. The summed E-state index contributed by atoms with van der Waals surface area (Å²) in [6, 6.07) is 0. The maximum atomic E-state index is 4.07. The van der Waals surface area contributed by atoms with Gasteiger partial charge in [0.1, 0.15) is 9.90 Å². The molecular weight excluding hydrogens is 154 g/mol. The van der Waals surface area contributed by atoms with E-state index in [4.69, 9.17) is 0 Å². The largest absolute Gasteiger partial charge is 0.246 e. The van der Waals surface area contributed by atoms with Gasteiger partial charge in [-0.05, 0) is 0 Å². The number of nitrogens with one attached hydrogen (secondary N) is 1. The average Bonchev–Trinajstić information content (AvgIpc) is 2.33. The van der Waals surface area contributed by atoms with Gasteiger partial charge in [-0.3, -0.25) is 0 Å². The first kappa shape index (κ1) is 5.25. The summed E-state index contributed by atoms with van der Waals surface area (Å²) < 4.78 is 1.19. The van der Waals surface area contributed by atoms with E-state index in [0.717, 1.165) is 5.69 Å². The Kier molecular flexibility index (Phi) is 1.17. The Hall–Kier alpha value is -0.550. The molecule has 1 aliphatic rings. The normalized spacial score (nSPS) is 14.7. The third-order valence-electron chi connectivity index (χ3n) is 0.939. The predicted molar refractivity (Wildman–Crippen MR) is 38.7 cm³/mol. The molecule has 1 aliphatic heterocycles. The fraction of sp³-hybridized carbons (Fsp3) is 0. The van der Waals surface area contributed by atoms with Gasteiger partial charge in [0.2, 0.25) is 0 Å². The summed E-state index contributed by atoms with van der Waals surface area (Å²) in [5, 5.41) is 3.82. The molecule has 0 atom stereocenters. The van der Waals surface area contributed by atoms with Crippen molar-refractivity contribution in [3.63, 3.8) is 0 Å². The van der Waals surface area contributed by atoms with Gasteiger partial charge >= 0.3 is 0 Å². The monoisotopic (exact) mass is 157 g/mol.